The fourth-order valence-electron chi connectivity index (χ4n) is 4.15. The van der Waals surface area contributed by atoms with Crippen LogP contribution >= 0.6 is 0 Å². The SMILES string of the molecule is CC(C)c1ccc(C(=O)N2CCN(C(=O)CCS(=O)(=O)C3CCCC3)CC2)cc1. The fraction of sp³-hybridized carbons (Fsp3) is 0.636. The number of hydrogen-bond donors (Lipinski definition) is 0. The summed E-state index contributed by atoms with van der Waals surface area (Å²) in [7, 11) is -3.18. The summed E-state index contributed by atoms with van der Waals surface area (Å²) in [5.74, 6) is 0.222. The molecule has 160 valence electrons. The highest BCUT2D eigenvalue weighted by molar-refractivity contribution is 7.92. The van der Waals surface area contributed by atoms with Crippen molar-refractivity contribution in [3.05, 3.63) is 35.4 Å². The van der Waals surface area contributed by atoms with E-state index in [2.05, 4.69) is 13.8 Å². The Bertz CT molecular complexity index is 819. The van der Waals surface area contributed by atoms with E-state index in [0.29, 0.717) is 37.7 Å². The lowest BCUT2D eigenvalue weighted by atomic mass is 10.0. The van der Waals surface area contributed by atoms with Crippen molar-refractivity contribution in [3.63, 3.8) is 0 Å². The summed E-state index contributed by atoms with van der Waals surface area (Å²) in [6.07, 6.45) is 3.44. The predicted octanol–water partition coefficient (Wildman–Crippen LogP) is 2.84. The second-order valence-corrected chi connectivity index (χ2v) is 10.9. The number of carbonyl (C=O) groups is 2. The van der Waals surface area contributed by atoms with Gasteiger partial charge in [-0.3, -0.25) is 9.59 Å². The van der Waals surface area contributed by atoms with Crippen LogP contribution in [-0.2, 0) is 14.6 Å². The van der Waals surface area contributed by atoms with Gasteiger partial charge >= 0.3 is 0 Å². The van der Waals surface area contributed by atoms with Crippen LogP contribution in [0.3, 0.4) is 0 Å². The maximum atomic E-state index is 12.7. The van der Waals surface area contributed by atoms with Crippen LogP contribution in [0.15, 0.2) is 24.3 Å². The highest BCUT2D eigenvalue weighted by atomic mass is 32.2. The molecule has 0 bridgehead atoms. The van der Waals surface area contributed by atoms with E-state index in [1.54, 1.807) is 9.80 Å². The summed E-state index contributed by atoms with van der Waals surface area (Å²) >= 11 is 0. The second kappa shape index (κ2) is 9.28. The number of piperazine rings is 1. The highest BCUT2D eigenvalue weighted by Gasteiger charge is 2.30. The van der Waals surface area contributed by atoms with Gasteiger partial charge in [-0.2, -0.15) is 0 Å². The van der Waals surface area contributed by atoms with Gasteiger partial charge in [-0.1, -0.05) is 38.8 Å². The molecule has 1 aromatic rings. The smallest absolute Gasteiger partial charge is 0.253 e. The number of benzene rings is 1. The van der Waals surface area contributed by atoms with Gasteiger partial charge in [0.1, 0.15) is 0 Å². The number of amides is 2. The van der Waals surface area contributed by atoms with Crippen LogP contribution in [0.2, 0.25) is 0 Å². The Morgan fingerprint density at radius 2 is 1.52 bits per heavy atom. The standard InChI is InChI=1S/C22H32N2O4S/c1-17(2)18-7-9-19(10-8-18)22(26)24-14-12-23(13-15-24)21(25)11-16-29(27,28)20-5-3-4-6-20/h7-10,17,20H,3-6,11-16H2,1-2H3. The molecule has 1 saturated carbocycles. The number of carbonyl (C=O) groups excluding carboxylic acids is 2. The molecular formula is C22H32N2O4S. The molecule has 2 amide bonds. The van der Waals surface area contributed by atoms with Crippen LogP contribution in [0.1, 0.15) is 67.8 Å². The first-order chi connectivity index (χ1) is 13.8. The molecule has 2 fully saturated rings. The van der Waals surface area contributed by atoms with Crippen molar-refractivity contribution >= 4 is 21.7 Å². The zero-order chi connectivity index (χ0) is 21.0. The van der Waals surface area contributed by atoms with Crippen LogP contribution in [0.5, 0.6) is 0 Å². The van der Waals surface area contributed by atoms with Gasteiger partial charge in [0.15, 0.2) is 9.84 Å². The Balaban J connectivity index is 1.48. The number of nitrogens with zero attached hydrogens (tertiary/aromatic N) is 2. The molecule has 1 saturated heterocycles. The van der Waals surface area contributed by atoms with Gasteiger partial charge in [0.2, 0.25) is 5.91 Å². The molecular weight excluding hydrogens is 388 g/mol. The molecule has 1 heterocycles. The first-order valence-corrected chi connectivity index (χ1v) is 12.4. The van der Waals surface area contributed by atoms with E-state index in [1.165, 1.54) is 5.56 Å². The third-order valence-corrected chi connectivity index (χ3v) is 8.41. The van der Waals surface area contributed by atoms with Gasteiger partial charge in [0.05, 0.1) is 11.0 Å². The number of sulfone groups is 1. The zero-order valence-electron chi connectivity index (χ0n) is 17.5. The molecule has 0 N–H and O–H groups in total. The first-order valence-electron chi connectivity index (χ1n) is 10.7. The van der Waals surface area contributed by atoms with E-state index in [-0.39, 0.29) is 29.2 Å². The second-order valence-electron chi connectivity index (χ2n) is 8.47. The van der Waals surface area contributed by atoms with Gasteiger partial charge < -0.3 is 9.80 Å². The molecule has 29 heavy (non-hydrogen) atoms. The molecule has 1 aromatic carbocycles. The molecule has 0 aromatic heterocycles. The maximum absolute atomic E-state index is 12.7. The lowest BCUT2D eigenvalue weighted by molar-refractivity contribution is -0.132. The molecule has 1 aliphatic carbocycles. The van der Waals surface area contributed by atoms with Gasteiger partial charge in [-0.05, 0) is 36.5 Å². The van der Waals surface area contributed by atoms with Crippen LogP contribution < -0.4 is 0 Å². The predicted molar refractivity (Wildman–Crippen MR) is 114 cm³/mol. The fourth-order valence-corrected chi connectivity index (χ4v) is 6.00. The Labute approximate surface area is 174 Å². The number of hydrogen-bond acceptors (Lipinski definition) is 4. The molecule has 1 aliphatic heterocycles. The van der Waals surface area contributed by atoms with E-state index in [4.69, 9.17) is 0 Å². The van der Waals surface area contributed by atoms with Gasteiger partial charge in [0, 0.05) is 38.2 Å². The molecule has 2 aliphatic rings. The largest absolute Gasteiger partial charge is 0.339 e. The van der Waals surface area contributed by atoms with Crippen molar-refractivity contribution in [1.29, 1.82) is 0 Å². The lowest BCUT2D eigenvalue weighted by Crippen LogP contribution is -2.50. The Kier molecular flexibility index (Phi) is 6.98. The van der Waals surface area contributed by atoms with Crippen molar-refractivity contribution in [3.8, 4) is 0 Å². The van der Waals surface area contributed by atoms with E-state index < -0.39 is 9.84 Å². The van der Waals surface area contributed by atoms with E-state index >= 15 is 0 Å². The lowest BCUT2D eigenvalue weighted by Gasteiger charge is -2.35. The summed E-state index contributed by atoms with van der Waals surface area (Å²) in [4.78, 5) is 28.6. The molecule has 0 radical (unpaired) electrons. The average molecular weight is 421 g/mol. The minimum atomic E-state index is -3.18. The van der Waals surface area contributed by atoms with Gasteiger partial charge in [-0.25, -0.2) is 8.42 Å². The van der Waals surface area contributed by atoms with Crippen LogP contribution in [-0.4, -0.2) is 67.2 Å². The molecule has 0 spiro atoms. The average Bonchev–Trinajstić information content (AvgIpc) is 3.28. The van der Waals surface area contributed by atoms with Crippen molar-refractivity contribution in [2.45, 2.75) is 57.1 Å². The van der Waals surface area contributed by atoms with Crippen LogP contribution in [0, 0.1) is 0 Å². The summed E-state index contributed by atoms with van der Waals surface area (Å²) in [6, 6.07) is 7.71. The topological polar surface area (TPSA) is 74.8 Å². The van der Waals surface area contributed by atoms with Crippen molar-refractivity contribution in [1.82, 2.24) is 9.80 Å². The monoisotopic (exact) mass is 420 g/mol. The molecule has 7 heteroatoms. The Morgan fingerprint density at radius 1 is 0.966 bits per heavy atom. The maximum Gasteiger partial charge on any atom is 0.253 e. The summed E-state index contributed by atoms with van der Waals surface area (Å²) in [6.45, 7) is 6.10. The van der Waals surface area contributed by atoms with E-state index in [9.17, 15) is 18.0 Å². The normalized spacial score (nSPS) is 18.4. The summed E-state index contributed by atoms with van der Waals surface area (Å²) in [5, 5.41) is -0.258. The summed E-state index contributed by atoms with van der Waals surface area (Å²) in [5.41, 5.74) is 1.86. The van der Waals surface area contributed by atoms with Crippen molar-refractivity contribution < 1.29 is 18.0 Å². The quantitative estimate of drug-likeness (QED) is 0.709. The van der Waals surface area contributed by atoms with Crippen LogP contribution in [0.25, 0.3) is 0 Å². The minimum Gasteiger partial charge on any atom is -0.339 e. The van der Waals surface area contributed by atoms with E-state index in [1.807, 2.05) is 24.3 Å². The molecule has 0 atom stereocenters. The number of rotatable bonds is 6. The first kappa shape index (κ1) is 21.8. The Morgan fingerprint density at radius 3 is 2.07 bits per heavy atom. The minimum absolute atomic E-state index is 0.0174. The molecule has 3 rings (SSSR count). The molecule has 6 nitrogen and oxygen atoms in total. The highest BCUT2D eigenvalue weighted by Crippen LogP contribution is 2.25. The van der Waals surface area contributed by atoms with E-state index in [0.717, 1.165) is 25.7 Å². The van der Waals surface area contributed by atoms with Gasteiger partial charge in [-0.15, -0.1) is 0 Å². The van der Waals surface area contributed by atoms with Crippen LogP contribution in [0.4, 0.5) is 0 Å². The van der Waals surface area contributed by atoms with Crippen molar-refractivity contribution in [2.75, 3.05) is 31.9 Å². The summed E-state index contributed by atoms with van der Waals surface area (Å²) < 4.78 is 24.7. The third kappa shape index (κ3) is 5.38. The zero-order valence-corrected chi connectivity index (χ0v) is 18.3. The molecule has 0 unspecified atom stereocenters. The van der Waals surface area contributed by atoms with Crippen molar-refractivity contribution in [2.24, 2.45) is 0 Å². The van der Waals surface area contributed by atoms with Gasteiger partial charge in [0.25, 0.3) is 5.91 Å². The Hall–Kier alpha value is -1.89. The third-order valence-electron chi connectivity index (χ3n) is 6.15.